The Morgan fingerprint density at radius 3 is 2.77 bits per heavy atom. The van der Waals surface area contributed by atoms with Crippen molar-refractivity contribution in [1.29, 1.82) is 0 Å². The van der Waals surface area contributed by atoms with Gasteiger partial charge in [-0.2, -0.15) is 0 Å². The van der Waals surface area contributed by atoms with E-state index in [2.05, 4.69) is 11.3 Å². The van der Waals surface area contributed by atoms with Crippen LogP contribution in [0.4, 0.5) is 5.69 Å². The topological polar surface area (TPSA) is 106 Å². The average molecular weight is 422 g/mol. The van der Waals surface area contributed by atoms with Gasteiger partial charge in [0.1, 0.15) is 9.71 Å². The summed E-state index contributed by atoms with van der Waals surface area (Å²) in [7, 11) is 0. The number of hydrogen-bond acceptors (Lipinski definition) is 6. The minimum atomic E-state index is -0.735. The Bertz CT molecular complexity index is 1330. The first-order valence-electron chi connectivity index (χ1n) is 9.99. The first-order valence-corrected chi connectivity index (χ1v) is 10.8. The number of nitrogens with one attached hydrogen (secondary N) is 1. The largest absolute Gasteiger partial charge is 0.439 e. The van der Waals surface area contributed by atoms with Gasteiger partial charge < -0.3 is 5.73 Å². The van der Waals surface area contributed by atoms with E-state index >= 15 is 0 Å². The number of carbonyl (C=O) groups excluding carboxylic acids is 1. The molecule has 3 aromatic heterocycles. The van der Waals surface area contributed by atoms with Crippen molar-refractivity contribution in [1.82, 2.24) is 10.3 Å². The summed E-state index contributed by atoms with van der Waals surface area (Å²) in [5, 5.41) is 3.31. The third-order valence-electron chi connectivity index (χ3n) is 5.61. The minimum absolute atomic E-state index is 0.112. The maximum Gasteiger partial charge on any atom is 0.439 e. The molecule has 5 rings (SSSR count). The van der Waals surface area contributed by atoms with E-state index in [0.29, 0.717) is 16.3 Å². The summed E-state index contributed by atoms with van der Waals surface area (Å²) >= 11 is 1.23. The molecule has 0 saturated heterocycles. The molecule has 0 atom stereocenters. The molecule has 1 aliphatic rings. The lowest BCUT2D eigenvalue weighted by atomic mass is 10.1. The van der Waals surface area contributed by atoms with Crippen molar-refractivity contribution in [2.75, 3.05) is 5.73 Å². The van der Waals surface area contributed by atoms with Gasteiger partial charge in [0.2, 0.25) is 5.69 Å². The van der Waals surface area contributed by atoms with Crippen LogP contribution < -0.4 is 16.0 Å². The highest BCUT2D eigenvalue weighted by atomic mass is 32.1. The number of anilines is 1. The zero-order valence-electron chi connectivity index (χ0n) is 16.5. The fourth-order valence-electron chi connectivity index (χ4n) is 3.95. The molecule has 1 aromatic carbocycles. The molecular weight excluding hydrogens is 400 g/mol. The Hall–Kier alpha value is -3.26. The second-order valence-electron chi connectivity index (χ2n) is 7.68. The van der Waals surface area contributed by atoms with Crippen molar-refractivity contribution >= 4 is 33.0 Å². The molecule has 8 heteroatoms. The summed E-state index contributed by atoms with van der Waals surface area (Å²) in [5.74, 6) is -0.471. The maximum absolute atomic E-state index is 13.4. The molecule has 0 bridgehead atoms. The maximum atomic E-state index is 13.4. The first kappa shape index (κ1) is 18.7. The zero-order valence-corrected chi connectivity index (χ0v) is 17.3. The molecule has 1 aliphatic carbocycles. The Balaban J connectivity index is 1.62. The number of hydrogen-bond donors (Lipinski definition) is 2. The van der Waals surface area contributed by atoms with Crippen LogP contribution in [0.5, 0.6) is 0 Å². The van der Waals surface area contributed by atoms with E-state index in [4.69, 9.17) is 15.2 Å². The van der Waals surface area contributed by atoms with Crippen LogP contribution >= 0.6 is 11.3 Å². The number of carbonyl (C=O) groups is 1. The van der Waals surface area contributed by atoms with Gasteiger partial charge >= 0.3 is 11.3 Å². The molecule has 0 unspecified atom stereocenters. The van der Waals surface area contributed by atoms with Crippen molar-refractivity contribution in [2.45, 2.75) is 39.0 Å². The summed E-state index contributed by atoms with van der Waals surface area (Å²) in [4.78, 5) is 31.6. The second kappa shape index (κ2) is 7.21. The summed E-state index contributed by atoms with van der Waals surface area (Å²) in [5.41, 5.74) is 9.89. The van der Waals surface area contributed by atoms with E-state index in [1.165, 1.54) is 28.0 Å². The molecular formula is C22H21N4O3S+. The van der Waals surface area contributed by atoms with E-state index in [1.807, 2.05) is 31.2 Å². The van der Waals surface area contributed by atoms with Crippen molar-refractivity contribution in [3.8, 4) is 5.69 Å². The van der Waals surface area contributed by atoms with Gasteiger partial charge in [0.25, 0.3) is 5.78 Å². The van der Waals surface area contributed by atoms with E-state index in [9.17, 15) is 9.59 Å². The van der Waals surface area contributed by atoms with Gasteiger partial charge in [-0.3, -0.25) is 9.32 Å². The van der Waals surface area contributed by atoms with Crippen molar-refractivity contribution in [3.63, 3.8) is 0 Å². The van der Waals surface area contributed by atoms with Gasteiger partial charge in [-0.05, 0) is 54.2 Å². The van der Waals surface area contributed by atoms with Gasteiger partial charge in [-0.15, -0.1) is 11.3 Å². The van der Waals surface area contributed by atoms with Crippen molar-refractivity contribution < 1.29 is 14.0 Å². The molecule has 0 radical (unpaired) electrons. The zero-order chi connectivity index (χ0) is 20.8. The monoisotopic (exact) mass is 421 g/mol. The highest BCUT2D eigenvalue weighted by Crippen LogP contribution is 2.36. The summed E-state index contributed by atoms with van der Waals surface area (Å²) < 4.78 is 6.30. The molecule has 7 nitrogen and oxygen atoms in total. The number of aromatic nitrogens is 3. The Labute approximate surface area is 176 Å². The van der Waals surface area contributed by atoms with Crippen LogP contribution in [0.25, 0.3) is 15.9 Å². The minimum Gasteiger partial charge on any atom is -0.397 e. The number of aromatic amines is 1. The SMILES string of the molecule is Cc1ccc(-[n+]2[nH]oc(=O)c2C(=O)c2sc3nc4c(cc3c2N)CCCCC4)cc1. The molecule has 4 aromatic rings. The third kappa shape index (κ3) is 3.04. The molecule has 0 spiro atoms. The summed E-state index contributed by atoms with van der Waals surface area (Å²) in [6, 6.07) is 9.48. The summed E-state index contributed by atoms with van der Waals surface area (Å²) in [6.07, 6.45) is 5.38. The van der Waals surface area contributed by atoms with Gasteiger partial charge in [0, 0.05) is 23.2 Å². The van der Waals surface area contributed by atoms with Crippen molar-refractivity contribution in [3.05, 3.63) is 68.1 Å². The average Bonchev–Trinajstić information content (AvgIpc) is 3.17. The van der Waals surface area contributed by atoms with Crippen LogP contribution in [0, 0.1) is 6.92 Å². The predicted octanol–water partition coefficient (Wildman–Crippen LogP) is 3.24. The number of nitrogen functional groups attached to an aromatic ring is 1. The van der Waals surface area contributed by atoms with Gasteiger partial charge in [-0.1, -0.05) is 24.1 Å². The van der Waals surface area contributed by atoms with Crippen molar-refractivity contribution in [2.24, 2.45) is 0 Å². The number of aryl methyl sites for hydroxylation is 3. The molecule has 30 heavy (non-hydrogen) atoms. The number of thiophene rings is 1. The van der Waals surface area contributed by atoms with E-state index in [1.54, 1.807) is 0 Å². The highest BCUT2D eigenvalue weighted by molar-refractivity contribution is 7.21. The molecule has 152 valence electrons. The smallest absolute Gasteiger partial charge is 0.397 e. The molecule has 0 fully saturated rings. The summed E-state index contributed by atoms with van der Waals surface area (Å²) in [6.45, 7) is 1.96. The lowest BCUT2D eigenvalue weighted by Gasteiger charge is -2.04. The van der Waals surface area contributed by atoms with Gasteiger partial charge in [0.05, 0.1) is 5.69 Å². The second-order valence-corrected chi connectivity index (χ2v) is 8.68. The number of H-pyrrole nitrogens is 1. The first-order chi connectivity index (χ1) is 14.5. The molecule has 3 N–H and O–H groups in total. The van der Waals surface area contributed by atoms with Crippen LogP contribution in [0.1, 0.15) is 51.4 Å². The number of benzene rings is 1. The van der Waals surface area contributed by atoms with E-state index in [-0.39, 0.29) is 5.69 Å². The van der Waals surface area contributed by atoms with Gasteiger partial charge in [-0.25, -0.2) is 9.78 Å². The molecule has 3 heterocycles. The molecule has 0 aliphatic heterocycles. The molecule has 0 saturated carbocycles. The number of nitrogens with two attached hydrogens (primary N) is 1. The Morgan fingerprint density at radius 2 is 1.97 bits per heavy atom. The fraction of sp³-hybridized carbons (Fsp3) is 0.273. The van der Waals surface area contributed by atoms with Crippen LogP contribution in [0.3, 0.4) is 0 Å². The number of ketones is 1. The Kier molecular flexibility index (Phi) is 4.51. The number of rotatable bonds is 3. The van der Waals surface area contributed by atoms with Gasteiger partial charge in [0.15, 0.2) is 0 Å². The lowest BCUT2D eigenvalue weighted by molar-refractivity contribution is -0.672. The van der Waals surface area contributed by atoms with E-state index < -0.39 is 11.4 Å². The predicted molar refractivity (Wildman–Crippen MR) is 114 cm³/mol. The quantitative estimate of drug-likeness (QED) is 0.300. The fourth-order valence-corrected chi connectivity index (χ4v) is 4.99. The van der Waals surface area contributed by atoms with Crippen LogP contribution in [0.2, 0.25) is 0 Å². The normalized spacial score (nSPS) is 13.9. The standard InChI is InChI=1S/C22H20N4O3S/c1-12-7-9-14(10-8-12)26-18(22(28)29-25-26)19(27)20-17(23)15-11-13-5-3-2-4-6-16(13)24-21(15)30-20/h7-11H,2-6H2,1H3,(H2-,23,25,27,28)/p+1. The van der Waals surface area contributed by atoms with Crippen LogP contribution in [-0.2, 0) is 12.8 Å². The molecule has 0 amide bonds. The number of fused-ring (bicyclic) bond motifs is 2. The van der Waals surface area contributed by atoms with E-state index in [0.717, 1.165) is 47.2 Å². The number of nitrogens with zero attached hydrogens (tertiary/aromatic N) is 2. The number of pyridine rings is 1. The highest BCUT2D eigenvalue weighted by Gasteiger charge is 2.34. The lowest BCUT2D eigenvalue weighted by Crippen LogP contribution is -2.41. The third-order valence-corrected chi connectivity index (χ3v) is 6.72. The van der Waals surface area contributed by atoms with Crippen LogP contribution in [0.15, 0.2) is 39.6 Å². The van der Waals surface area contributed by atoms with Crippen LogP contribution in [-0.4, -0.2) is 16.0 Å². The Morgan fingerprint density at radius 1 is 1.20 bits per heavy atom.